The van der Waals surface area contributed by atoms with Gasteiger partial charge in [-0.3, -0.25) is 9.69 Å². The minimum Gasteiger partial charge on any atom is -0.383 e. The van der Waals surface area contributed by atoms with Crippen molar-refractivity contribution in [3.05, 3.63) is 16.1 Å². The molecule has 0 radical (unpaired) electrons. The van der Waals surface area contributed by atoms with E-state index in [2.05, 4.69) is 15.2 Å². The van der Waals surface area contributed by atoms with Crippen LogP contribution in [0.15, 0.2) is 5.51 Å². The molecule has 3 atom stereocenters. The summed E-state index contributed by atoms with van der Waals surface area (Å²) in [6.07, 6.45) is 1.16. The van der Waals surface area contributed by atoms with Crippen molar-refractivity contribution in [1.82, 2.24) is 15.2 Å². The lowest BCUT2D eigenvalue weighted by Gasteiger charge is -2.39. The molecular weight excluding hydrogens is 314 g/mol. The van der Waals surface area contributed by atoms with E-state index in [-0.39, 0.29) is 17.9 Å². The van der Waals surface area contributed by atoms with Gasteiger partial charge in [0.25, 0.3) is 0 Å². The molecule has 128 valence electrons. The molecule has 2 saturated heterocycles. The molecule has 0 aromatic carbocycles. The SMILES string of the molecule is COCCNC(=O)[C@@H]1CN(Cc2scnc2C)C[C@H]2OCC[C@H]21. The van der Waals surface area contributed by atoms with Gasteiger partial charge < -0.3 is 14.8 Å². The average Bonchev–Trinajstić information content (AvgIpc) is 3.16. The number of thiazole rings is 1. The molecule has 3 heterocycles. The molecule has 1 aromatic heterocycles. The Bertz CT molecular complexity index is 536. The number of hydrogen-bond donors (Lipinski definition) is 1. The summed E-state index contributed by atoms with van der Waals surface area (Å²) < 4.78 is 10.9. The first kappa shape index (κ1) is 16.8. The van der Waals surface area contributed by atoms with Crippen LogP contribution in [-0.2, 0) is 20.8 Å². The van der Waals surface area contributed by atoms with E-state index in [0.29, 0.717) is 19.1 Å². The molecule has 2 aliphatic rings. The normalized spacial score (nSPS) is 27.8. The standard InChI is InChI=1S/C16H25N3O3S/c1-11-15(23-10-18-11)9-19-7-13(16(20)17-4-6-21-2)12-3-5-22-14(12)8-19/h10,12-14H,3-9H2,1-2H3,(H,17,20)/t12-,13+,14+/m0/s1. The van der Waals surface area contributed by atoms with Crippen molar-refractivity contribution in [1.29, 1.82) is 0 Å². The molecule has 2 fully saturated rings. The van der Waals surface area contributed by atoms with Crippen LogP contribution in [-0.4, -0.2) is 61.9 Å². The van der Waals surface area contributed by atoms with E-state index >= 15 is 0 Å². The molecule has 0 bridgehead atoms. The van der Waals surface area contributed by atoms with Gasteiger partial charge in [0.05, 0.1) is 29.8 Å². The second-order valence-electron chi connectivity index (χ2n) is 6.31. The monoisotopic (exact) mass is 339 g/mol. The van der Waals surface area contributed by atoms with E-state index in [4.69, 9.17) is 9.47 Å². The predicted molar refractivity (Wildman–Crippen MR) is 88.4 cm³/mol. The maximum atomic E-state index is 12.6. The molecule has 0 aliphatic carbocycles. The number of amides is 1. The zero-order chi connectivity index (χ0) is 16.2. The molecule has 6 nitrogen and oxygen atoms in total. The number of hydrogen-bond acceptors (Lipinski definition) is 6. The fraction of sp³-hybridized carbons (Fsp3) is 0.750. The van der Waals surface area contributed by atoms with Gasteiger partial charge in [0.2, 0.25) is 5.91 Å². The number of aromatic nitrogens is 1. The lowest BCUT2D eigenvalue weighted by molar-refractivity contribution is -0.131. The van der Waals surface area contributed by atoms with Crippen LogP contribution in [0.4, 0.5) is 0 Å². The molecule has 0 spiro atoms. The van der Waals surface area contributed by atoms with E-state index in [0.717, 1.165) is 38.4 Å². The van der Waals surface area contributed by atoms with Crippen LogP contribution in [0.25, 0.3) is 0 Å². The Balaban J connectivity index is 1.65. The Hall–Kier alpha value is -1.02. The summed E-state index contributed by atoms with van der Waals surface area (Å²) in [6, 6.07) is 0. The summed E-state index contributed by atoms with van der Waals surface area (Å²) in [5.74, 6) is 0.478. The highest BCUT2D eigenvalue weighted by Crippen LogP contribution is 2.34. The van der Waals surface area contributed by atoms with Crippen LogP contribution < -0.4 is 5.32 Å². The van der Waals surface area contributed by atoms with E-state index in [1.807, 2.05) is 12.4 Å². The van der Waals surface area contributed by atoms with Crippen molar-refractivity contribution in [3.63, 3.8) is 0 Å². The second-order valence-corrected chi connectivity index (χ2v) is 7.25. The minimum atomic E-state index is 0.00123. The van der Waals surface area contributed by atoms with Gasteiger partial charge in [-0.1, -0.05) is 0 Å². The van der Waals surface area contributed by atoms with E-state index in [9.17, 15) is 4.79 Å². The van der Waals surface area contributed by atoms with Gasteiger partial charge in [0.1, 0.15) is 0 Å². The third kappa shape index (κ3) is 3.91. The lowest BCUT2D eigenvalue weighted by Crippen LogP contribution is -2.52. The maximum absolute atomic E-state index is 12.6. The maximum Gasteiger partial charge on any atom is 0.224 e. The van der Waals surface area contributed by atoms with Gasteiger partial charge in [-0.05, 0) is 13.3 Å². The van der Waals surface area contributed by atoms with Gasteiger partial charge in [0, 0.05) is 50.7 Å². The van der Waals surface area contributed by atoms with E-state index in [1.54, 1.807) is 18.4 Å². The third-order valence-electron chi connectivity index (χ3n) is 4.82. The van der Waals surface area contributed by atoms with Crippen LogP contribution in [0, 0.1) is 18.8 Å². The van der Waals surface area contributed by atoms with Gasteiger partial charge in [-0.25, -0.2) is 4.98 Å². The molecule has 3 rings (SSSR count). The highest BCUT2D eigenvalue weighted by Gasteiger charge is 2.43. The van der Waals surface area contributed by atoms with E-state index in [1.165, 1.54) is 4.88 Å². The van der Waals surface area contributed by atoms with Crippen LogP contribution in [0.3, 0.4) is 0 Å². The third-order valence-corrected chi connectivity index (χ3v) is 5.74. The summed E-state index contributed by atoms with van der Waals surface area (Å²) in [7, 11) is 1.65. The number of nitrogens with one attached hydrogen (secondary N) is 1. The number of aryl methyl sites for hydroxylation is 1. The molecule has 2 aliphatic heterocycles. The molecule has 23 heavy (non-hydrogen) atoms. The predicted octanol–water partition coefficient (Wildman–Crippen LogP) is 1.05. The highest BCUT2D eigenvalue weighted by atomic mass is 32.1. The van der Waals surface area contributed by atoms with Gasteiger partial charge in [0.15, 0.2) is 0 Å². The first-order chi connectivity index (χ1) is 11.2. The first-order valence-corrected chi connectivity index (χ1v) is 9.06. The number of ether oxygens (including phenoxy) is 2. The van der Waals surface area contributed by atoms with Crippen molar-refractivity contribution in [2.75, 3.05) is 40.0 Å². The van der Waals surface area contributed by atoms with Crippen molar-refractivity contribution in [3.8, 4) is 0 Å². The Kier molecular flexibility index (Phi) is 5.63. The first-order valence-electron chi connectivity index (χ1n) is 8.18. The molecule has 7 heteroatoms. The van der Waals surface area contributed by atoms with Crippen LogP contribution in [0.2, 0.25) is 0 Å². The second kappa shape index (κ2) is 7.70. The quantitative estimate of drug-likeness (QED) is 0.785. The van der Waals surface area contributed by atoms with E-state index < -0.39 is 0 Å². The Labute approximate surface area is 141 Å². The number of methoxy groups -OCH3 is 1. The summed E-state index contributed by atoms with van der Waals surface area (Å²) in [6.45, 7) is 6.48. The molecule has 1 amide bonds. The van der Waals surface area contributed by atoms with Crippen LogP contribution >= 0.6 is 11.3 Å². The van der Waals surface area contributed by atoms with Crippen LogP contribution in [0.1, 0.15) is 17.0 Å². The number of carbonyl (C=O) groups is 1. The zero-order valence-electron chi connectivity index (χ0n) is 13.8. The summed E-state index contributed by atoms with van der Waals surface area (Å²) >= 11 is 1.68. The van der Waals surface area contributed by atoms with Crippen molar-refractivity contribution < 1.29 is 14.3 Å². The Morgan fingerprint density at radius 2 is 2.43 bits per heavy atom. The highest BCUT2D eigenvalue weighted by molar-refractivity contribution is 7.09. The number of piperidine rings is 1. The average molecular weight is 339 g/mol. The smallest absolute Gasteiger partial charge is 0.224 e. The summed E-state index contributed by atoms with van der Waals surface area (Å²) in [5.41, 5.74) is 2.98. The van der Waals surface area contributed by atoms with Crippen LogP contribution in [0.5, 0.6) is 0 Å². The number of fused-ring (bicyclic) bond motifs is 1. The molecule has 0 saturated carbocycles. The van der Waals surface area contributed by atoms with Crippen molar-refractivity contribution >= 4 is 17.2 Å². The van der Waals surface area contributed by atoms with Gasteiger partial charge in [-0.15, -0.1) is 11.3 Å². The number of likely N-dealkylation sites (tertiary alicyclic amines) is 1. The molecule has 1 aromatic rings. The van der Waals surface area contributed by atoms with Gasteiger partial charge >= 0.3 is 0 Å². The number of nitrogens with zero attached hydrogens (tertiary/aromatic N) is 2. The fourth-order valence-electron chi connectivity index (χ4n) is 3.55. The Morgan fingerprint density at radius 3 is 3.17 bits per heavy atom. The number of carbonyl (C=O) groups excluding carboxylic acids is 1. The summed E-state index contributed by atoms with van der Waals surface area (Å²) in [5, 5.41) is 3.00. The zero-order valence-corrected chi connectivity index (χ0v) is 14.6. The number of rotatable bonds is 6. The molecular formula is C16H25N3O3S. The largest absolute Gasteiger partial charge is 0.383 e. The lowest BCUT2D eigenvalue weighted by atomic mass is 9.82. The van der Waals surface area contributed by atoms with Gasteiger partial charge in [-0.2, -0.15) is 0 Å². The van der Waals surface area contributed by atoms with Crippen molar-refractivity contribution in [2.45, 2.75) is 26.0 Å². The van der Waals surface area contributed by atoms with Crippen molar-refractivity contribution in [2.24, 2.45) is 11.8 Å². The molecule has 1 N–H and O–H groups in total. The minimum absolute atomic E-state index is 0.00123. The summed E-state index contributed by atoms with van der Waals surface area (Å²) in [4.78, 5) is 20.5. The topological polar surface area (TPSA) is 63.7 Å². The Morgan fingerprint density at radius 1 is 1.57 bits per heavy atom. The fourth-order valence-corrected chi connectivity index (χ4v) is 4.37. The molecule has 0 unspecified atom stereocenters.